The van der Waals surface area contributed by atoms with Gasteiger partial charge in [0.25, 0.3) is 0 Å². The lowest BCUT2D eigenvalue weighted by molar-refractivity contribution is -0.497. The second kappa shape index (κ2) is 33.4. The van der Waals surface area contributed by atoms with E-state index in [-0.39, 0.29) is 0 Å². The van der Waals surface area contributed by atoms with Crippen molar-refractivity contribution in [3.8, 4) is 0 Å². The van der Waals surface area contributed by atoms with E-state index in [1.165, 1.54) is 0 Å². The maximum atomic E-state index is 14.6. The lowest BCUT2D eigenvalue weighted by Gasteiger charge is -2.47. The van der Waals surface area contributed by atoms with Crippen molar-refractivity contribution in [2.45, 2.75) is 272 Å². The fourth-order valence-electron chi connectivity index (χ4n) is 8.73. The van der Waals surface area contributed by atoms with Crippen molar-refractivity contribution in [3.05, 3.63) is 0 Å². The van der Waals surface area contributed by atoms with Crippen LogP contribution in [-0.2, 0) is 23.9 Å². The third-order valence-corrected chi connectivity index (χ3v) is 21.2. The number of halogens is 94. The minimum Gasteiger partial charge on any atom is -0.192 e. The summed E-state index contributed by atoms with van der Waals surface area (Å²) < 4.78 is 1370. The second-order valence-corrected chi connectivity index (χ2v) is 30.5. The predicted molar refractivity (Wildman–Crippen MR) is 249 cm³/mol. The van der Waals surface area contributed by atoms with Gasteiger partial charge in [0, 0.05) is 0 Å². The zero-order valence-electron chi connectivity index (χ0n) is 61.4. The number of alkyl halides is 94. The molecule has 0 aromatic heterocycles. The molecule has 0 aliphatic heterocycles. The molecule has 0 amide bonds. The maximum absolute atomic E-state index is 14.6. The van der Waals surface area contributed by atoms with Gasteiger partial charge >= 0.3 is 292 Å². The van der Waals surface area contributed by atoms with E-state index in [4.69, 9.17) is 0 Å². The molecule has 0 saturated carbocycles. The van der Waals surface area contributed by atoms with Gasteiger partial charge in [-0.15, -0.1) is 3.63 Å². The van der Waals surface area contributed by atoms with Crippen molar-refractivity contribution >= 4 is 20.2 Å². The molecule has 0 spiro atoms. The number of hydrogen-bond donors (Lipinski definition) is 0. The van der Waals surface area contributed by atoms with Crippen LogP contribution in [0.15, 0.2) is 0 Å². The van der Waals surface area contributed by atoms with Crippen LogP contribution in [0.2, 0.25) is 0 Å². The number of rotatable bonds is 46. The van der Waals surface area contributed by atoms with Crippen LogP contribution >= 0.6 is 0 Å². The molecule has 0 heterocycles. The standard InChI is InChI=1S/C46F94O5S2/c47-1(48,3(51,52)7(59,60)11(67,68)15(75,76)19(83,84)23(91,92)27(99,100)31(107,108)35(115,116)39(123,124)43(131,132)133)5(55,56)9(63,64)13(71,72)17(79,80)21(87,88)25(95,96)29(103,104)33(111,112)37(119,120)41(127,128)45(137,138)146(141,142)145-147(143,144)46(139,140)42(129,130)38(121,122)34(113,114)30(105,106)26(97,98)22(89,90)18(81,82)14(73,74)10(65,66)6(57,58)2(49,50)4(53,54)8(61,62)12(69,70)16(77,78)20(85,86)24(93,94)28(101,102)32(109,110)36(117,118)40(125,126)44(134,135)136. The van der Waals surface area contributed by atoms with E-state index >= 15 is 0 Å². The Labute approximate surface area is 726 Å². The van der Waals surface area contributed by atoms with Gasteiger partial charge in [-0.1, -0.05) is 0 Å². The first-order valence-electron chi connectivity index (χ1n) is 30.2. The Balaban J connectivity index is 8.59. The summed E-state index contributed by atoms with van der Waals surface area (Å²) in [7, 11) is -23.0. The van der Waals surface area contributed by atoms with Crippen molar-refractivity contribution in [3.63, 3.8) is 0 Å². The summed E-state index contributed by atoms with van der Waals surface area (Å²) in [6.45, 7) is 0. The van der Waals surface area contributed by atoms with Crippen molar-refractivity contribution in [2.24, 2.45) is 0 Å². The molecule has 0 saturated heterocycles. The second-order valence-electron chi connectivity index (χ2n) is 27.1. The predicted octanol–water partition coefficient (Wildman–Crippen LogP) is 28.7. The third kappa shape index (κ3) is 15.4. The maximum Gasteiger partial charge on any atom is 0.460 e. The first-order chi connectivity index (χ1) is 61.2. The summed E-state index contributed by atoms with van der Waals surface area (Å²) in [5, 5.41) is -21.6. The Morgan fingerprint density at radius 1 is 0.0816 bits per heavy atom. The molecule has 0 rings (SSSR count). The number of hydrogen-bond acceptors (Lipinski definition) is 5. The zero-order chi connectivity index (χ0) is 123. The summed E-state index contributed by atoms with van der Waals surface area (Å²) in [6, 6.07) is 0. The molecule has 147 heavy (non-hydrogen) atoms. The van der Waals surface area contributed by atoms with Crippen molar-refractivity contribution in [1.82, 2.24) is 0 Å². The Morgan fingerprint density at radius 3 is 0.184 bits per heavy atom. The van der Waals surface area contributed by atoms with Crippen molar-refractivity contribution in [2.75, 3.05) is 0 Å². The fraction of sp³-hybridized carbons (Fsp3) is 1.00. The van der Waals surface area contributed by atoms with Gasteiger partial charge < -0.3 is 0 Å². The zero-order valence-corrected chi connectivity index (χ0v) is 63.0. The minimum absolute atomic E-state index is 0.394. The molecule has 101 heteroatoms. The molecule has 5 nitrogen and oxygen atoms in total. The Hall–Kier alpha value is -6.72. The van der Waals surface area contributed by atoms with Crippen LogP contribution in [0.25, 0.3) is 0 Å². The van der Waals surface area contributed by atoms with Crippen molar-refractivity contribution in [1.29, 1.82) is 0 Å². The quantitative estimate of drug-likeness (QED) is 0.0568. The molecule has 0 unspecified atom stereocenters. The van der Waals surface area contributed by atoms with Crippen LogP contribution in [0.5, 0.6) is 0 Å². The highest BCUT2D eigenvalue weighted by molar-refractivity contribution is 8.01. The molecule has 0 radical (unpaired) electrons. The highest BCUT2D eigenvalue weighted by atomic mass is 32.3. The van der Waals surface area contributed by atoms with E-state index in [0.717, 1.165) is 0 Å². The molecule has 884 valence electrons. The normalized spacial score (nSPS) is 17.7. The fourth-order valence-corrected chi connectivity index (χ4v) is 11.2. The molecule has 0 atom stereocenters. The first kappa shape index (κ1) is 140. The van der Waals surface area contributed by atoms with E-state index < -0.39 is 292 Å². The van der Waals surface area contributed by atoms with Gasteiger partial charge in [0.15, 0.2) is 0 Å². The summed E-state index contributed by atoms with van der Waals surface area (Å²) >= 11 is 0. The van der Waals surface area contributed by atoms with E-state index in [0.29, 0.717) is 3.63 Å². The van der Waals surface area contributed by atoms with Gasteiger partial charge in [-0.05, 0) is 0 Å². The smallest absolute Gasteiger partial charge is 0.192 e. The van der Waals surface area contributed by atoms with Crippen LogP contribution in [0, 0.1) is 0 Å². The van der Waals surface area contributed by atoms with Crippen LogP contribution in [0.3, 0.4) is 0 Å². The summed E-state index contributed by atoms with van der Waals surface area (Å²) in [4.78, 5) is 0. The van der Waals surface area contributed by atoms with Gasteiger partial charge in [0.2, 0.25) is 0 Å². The average Bonchev–Trinajstić information content (AvgIpc) is 0.686. The van der Waals surface area contributed by atoms with Gasteiger partial charge in [-0.25, -0.2) is 0 Å². The Bertz CT molecular complexity index is 4690. The SMILES string of the molecule is O=S(=O)(OS(=O)(=O)C(F)(F)C(F)(F)C(F)(F)C(F)(F)C(F)(F)C(F)(F)C(F)(F)C(F)(F)C(F)(F)C(F)(F)C(F)(F)C(F)(F)C(F)(F)C(F)(F)C(F)(F)C(F)(F)C(F)(F)C(F)(F)C(F)(F)C(F)(F)C(F)(F)C(F)(F)C(F)(F)F)C(F)(F)C(F)(F)C(F)(F)C(F)(F)C(F)(F)C(F)(F)C(F)(F)C(F)(F)C(F)(F)C(F)(F)C(F)(F)C(F)(F)C(F)(F)C(F)(F)C(F)(F)C(F)(F)C(F)(F)C(F)(F)C(F)(F)C(F)(F)C(F)(F)C(F)(F)C(F)(F)F. The van der Waals surface area contributed by atoms with E-state index in [1.807, 2.05) is 0 Å². The van der Waals surface area contributed by atoms with Crippen LogP contribution in [0.4, 0.5) is 413 Å². The molecule has 0 N–H and O–H groups in total. The van der Waals surface area contributed by atoms with Crippen molar-refractivity contribution < 1.29 is 433 Å². The molecule has 0 aliphatic rings. The molecule has 0 aromatic carbocycles. The molecule has 0 aromatic rings. The topological polar surface area (TPSA) is 77.5 Å². The summed E-state index contributed by atoms with van der Waals surface area (Å²) in [5.74, 6) is -466. The van der Waals surface area contributed by atoms with Gasteiger partial charge in [0.1, 0.15) is 0 Å². The lowest BCUT2D eigenvalue weighted by atomic mass is 9.81. The van der Waals surface area contributed by atoms with E-state index in [9.17, 15) is 430 Å². The van der Waals surface area contributed by atoms with E-state index in [1.54, 1.807) is 0 Å². The Morgan fingerprint density at radius 2 is 0.129 bits per heavy atom. The van der Waals surface area contributed by atoms with Crippen LogP contribution in [0.1, 0.15) is 0 Å². The monoisotopic (exact) mass is 2480 g/mol. The lowest BCUT2D eigenvalue weighted by Crippen LogP contribution is -2.81. The van der Waals surface area contributed by atoms with Gasteiger partial charge in [-0.2, -0.15) is 430 Å². The van der Waals surface area contributed by atoms with Crippen LogP contribution < -0.4 is 0 Å². The van der Waals surface area contributed by atoms with E-state index in [2.05, 4.69) is 0 Å². The minimum atomic E-state index is -11.5. The largest absolute Gasteiger partial charge is 0.460 e. The average molecular weight is 2480 g/mol. The summed E-state index contributed by atoms with van der Waals surface area (Å²) in [5.41, 5.74) is 0. The molecule has 0 aliphatic carbocycles. The molecule has 0 bridgehead atoms. The highest BCUT2D eigenvalue weighted by Gasteiger charge is 3.09. The van der Waals surface area contributed by atoms with Gasteiger partial charge in [-0.3, -0.25) is 0 Å². The van der Waals surface area contributed by atoms with Gasteiger partial charge in [0.05, 0.1) is 0 Å². The van der Waals surface area contributed by atoms with Crippen LogP contribution in [-0.4, -0.2) is 288 Å². The first-order valence-corrected chi connectivity index (χ1v) is 33.0. The summed E-state index contributed by atoms with van der Waals surface area (Å²) in [6.07, 6.45) is -17.7. The Kier molecular flexibility index (Phi) is 31.9. The molecule has 0 fully saturated rings. The molecular formula is C46F94O5S2. The third-order valence-electron chi connectivity index (χ3n) is 18.0. The molecular weight excluding hydrogens is 2480 g/mol. The highest BCUT2D eigenvalue weighted by Crippen LogP contribution is 2.78.